The minimum atomic E-state index is -0.430. The van der Waals surface area contributed by atoms with E-state index < -0.39 is 6.04 Å². The van der Waals surface area contributed by atoms with Crippen molar-refractivity contribution in [2.75, 3.05) is 13.1 Å². The van der Waals surface area contributed by atoms with Gasteiger partial charge in [0.2, 0.25) is 5.91 Å². The van der Waals surface area contributed by atoms with E-state index in [1.54, 1.807) is 0 Å². The van der Waals surface area contributed by atoms with Crippen molar-refractivity contribution in [3.8, 4) is 11.1 Å². The molecule has 2 N–H and O–H groups in total. The number of halogens is 1. The van der Waals surface area contributed by atoms with E-state index in [4.69, 9.17) is 5.73 Å². The van der Waals surface area contributed by atoms with Crippen LogP contribution in [-0.2, 0) is 11.2 Å². The smallest absolute Gasteiger partial charge is 0.239 e. The highest BCUT2D eigenvalue weighted by molar-refractivity contribution is 5.85. The van der Waals surface area contributed by atoms with Crippen LogP contribution < -0.4 is 5.73 Å². The molecule has 1 aliphatic heterocycles. The van der Waals surface area contributed by atoms with Crippen LogP contribution >= 0.6 is 12.4 Å². The zero-order valence-electron chi connectivity index (χ0n) is 13.2. The third-order valence-electron chi connectivity index (χ3n) is 4.25. The van der Waals surface area contributed by atoms with Crippen LogP contribution in [0.25, 0.3) is 11.1 Å². The second kappa shape index (κ2) is 8.14. The van der Waals surface area contributed by atoms with Crippen molar-refractivity contribution in [1.82, 2.24) is 4.90 Å². The lowest BCUT2D eigenvalue weighted by atomic mass is 10.0. The van der Waals surface area contributed by atoms with Crippen molar-refractivity contribution >= 4 is 18.3 Å². The van der Waals surface area contributed by atoms with E-state index in [1.807, 2.05) is 23.1 Å². The van der Waals surface area contributed by atoms with Crippen molar-refractivity contribution in [2.45, 2.75) is 25.3 Å². The number of carbonyl (C=O) groups is 1. The van der Waals surface area contributed by atoms with E-state index >= 15 is 0 Å². The first-order chi connectivity index (χ1) is 10.7. The molecule has 2 aromatic rings. The van der Waals surface area contributed by atoms with Crippen molar-refractivity contribution in [3.63, 3.8) is 0 Å². The Hall–Kier alpha value is -1.84. The van der Waals surface area contributed by atoms with Gasteiger partial charge in [-0.2, -0.15) is 0 Å². The van der Waals surface area contributed by atoms with E-state index in [9.17, 15) is 4.79 Å². The maximum atomic E-state index is 12.2. The van der Waals surface area contributed by atoms with Gasteiger partial charge in [-0.1, -0.05) is 54.6 Å². The largest absolute Gasteiger partial charge is 0.341 e. The lowest BCUT2D eigenvalue weighted by Crippen LogP contribution is -2.43. The van der Waals surface area contributed by atoms with Gasteiger partial charge >= 0.3 is 0 Å². The summed E-state index contributed by atoms with van der Waals surface area (Å²) in [5.41, 5.74) is 9.58. The summed E-state index contributed by atoms with van der Waals surface area (Å²) in [4.78, 5) is 14.1. The normalized spacial score (nSPS) is 15.1. The van der Waals surface area contributed by atoms with Gasteiger partial charge in [-0.05, 0) is 36.0 Å². The third-order valence-corrected chi connectivity index (χ3v) is 4.25. The summed E-state index contributed by atoms with van der Waals surface area (Å²) in [6.45, 7) is 1.72. The van der Waals surface area contributed by atoms with Gasteiger partial charge in [-0.3, -0.25) is 4.79 Å². The van der Waals surface area contributed by atoms with E-state index in [0.29, 0.717) is 6.42 Å². The Morgan fingerprint density at radius 3 is 2.13 bits per heavy atom. The van der Waals surface area contributed by atoms with Crippen molar-refractivity contribution in [3.05, 3.63) is 60.2 Å². The molecule has 3 nitrogen and oxygen atoms in total. The molecule has 23 heavy (non-hydrogen) atoms. The van der Waals surface area contributed by atoms with Crippen LogP contribution in [-0.4, -0.2) is 29.9 Å². The molecule has 0 radical (unpaired) electrons. The summed E-state index contributed by atoms with van der Waals surface area (Å²) in [6, 6.07) is 18.2. The monoisotopic (exact) mass is 330 g/mol. The molecular weight excluding hydrogens is 308 g/mol. The number of rotatable bonds is 4. The number of nitrogens with two attached hydrogens (primary N) is 1. The van der Waals surface area contributed by atoms with Crippen molar-refractivity contribution < 1.29 is 4.79 Å². The molecule has 122 valence electrons. The summed E-state index contributed by atoms with van der Waals surface area (Å²) < 4.78 is 0. The molecule has 1 aliphatic rings. The number of likely N-dealkylation sites (tertiary alicyclic amines) is 1. The molecule has 1 fully saturated rings. The minimum absolute atomic E-state index is 0. The van der Waals surface area contributed by atoms with E-state index in [1.165, 1.54) is 11.1 Å². The number of amides is 1. The summed E-state index contributed by atoms with van der Waals surface area (Å²) in [6.07, 6.45) is 2.80. The van der Waals surface area contributed by atoms with Gasteiger partial charge in [0.25, 0.3) is 0 Å². The third kappa shape index (κ3) is 4.34. The molecule has 0 spiro atoms. The number of hydrogen-bond donors (Lipinski definition) is 1. The standard InChI is InChI=1S/C19H22N2O.ClH/c20-18(19(22)21-12-4-5-13-21)14-15-8-10-17(11-9-15)16-6-2-1-3-7-16;/h1-3,6-11,18H,4-5,12-14,20H2;1H/t18-;/m0./s1. The van der Waals surface area contributed by atoms with Crippen molar-refractivity contribution in [1.29, 1.82) is 0 Å². The summed E-state index contributed by atoms with van der Waals surface area (Å²) in [5, 5.41) is 0. The molecule has 0 saturated carbocycles. The predicted octanol–water partition coefficient (Wildman–Crippen LogP) is 3.27. The molecule has 0 aromatic heterocycles. The Labute approximate surface area is 143 Å². The zero-order chi connectivity index (χ0) is 15.4. The van der Waals surface area contributed by atoms with Gasteiger partial charge < -0.3 is 10.6 Å². The van der Waals surface area contributed by atoms with Crippen LogP contribution in [0.3, 0.4) is 0 Å². The van der Waals surface area contributed by atoms with Crippen LogP contribution in [0.2, 0.25) is 0 Å². The number of hydrogen-bond acceptors (Lipinski definition) is 2. The summed E-state index contributed by atoms with van der Waals surface area (Å²) in [5.74, 6) is 0.0876. The fourth-order valence-corrected chi connectivity index (χ4v) is 2.98. The van der Waals surface area contributed by atoms with Crippen LogP contribution in [0, 0.1) is 0 Å². The fourth-order valence-electron chi connectivity index (χ4n) is 2.98. The molecule has 4 heteroatoms. The fraction of sp³-hybridized carbons (Fsp3) is 0.316. The van der Waals surface area contributed by atoms with Crippen LogP contribution in [0.1, 0.15) is 18.4 Å². The highest BCUT2D eigenvalue weighted by Gasteiger charge is 2.23. The highest BCUT2D eigenvalue weighted by Crippen LogP contribution is 2.20. The molecule has 1 saturated heterocycles. The molecule has 3 rings (SSSR count). The Morgan fingerprint density at radius 1 is 0.957 bits per heavy atom. The van der Waals surface area contributed by atoms with Crippen LogP contribution in [0.15, 0.2) is 54.6 Å². The molecule has 0 bridgehead atoms. The maximum Gasteiger partial charge on any atom is 0.239 e. The van der Waals surface area contributed by atoms with Gasteiger partial charge in [0, 0.05) is 13.1 Å². The van der Waals surface area contributed by atoms with Gasteiger partial charge in [-0.25, -0.2) is 0 Å². The first-order valence-electron chi connectivity index (χ1n) is 7.93. The van der Waals surface area contributed by atoms with Crippen LogP contribution in [0.4, 0.5) is 0 Å². The molecular formula is C19H23ClN2O. The van der Waals surface area contributed by atoms with Gasteiger partial charge in [0.1, 0.15) is 0 Å². The molecule has 0 aliphatic carbocycles. The first-order valence-corrected chi connectivity index (χ1v) is 7.93. The second-order valence-electron chi connectivity index (χ2n) is 5.91. The average molecular weight is 331 g/mol. The molecule has 1 amide bonds. The highest BCUT2D eigenvalue weighted by atomic mass is 35.5. The SMILES string of the molecule is Cl.N[C@@H](Cc1ccc(-c2ccccc2)cc1)C(=O)N1CCCC1. The molecule has 2 aromatic carbocycles. The first kappa shape index (κ1) is 17.5. The number of carbonyl (C=O) groups excluding carboxylic acids is 1. The maximum absolute atomic E-state index is 12.2. The number of nitrogens with zero attached hydrogens (tertiary/aromatic N) is 1. The summed E-state index contributed by atoms with van der Waals surface area (Å²) >= 11 is 0. The van der Waals surface area contributed by atoms with E-state index in [-0.39, 0.29) is 18.3 Å². The van der Waals surface area contributed by atoms with E-state index in [0.717, 1.165) is 31.5 Å². The Bertz CT molecular complexity index is 622. The second-order valence-corrected chi connectivity index (χ2v) is 5.91. The predicted molar refractivity (Wildman–Crippen MR) is 96.6 cm³/mol. The van der Waals surface area contributed by atoms with E-state index in [2.05, 4.69) is 36.4 Å². The molecule has 0 unspecified atom stereocenters. The van der Waals surface area contributed by atoms with Crippen LogP contribution in [0.5, 0.6) is 0 Å². The molecule has 1 heterocycles. The minimum Gasteiger partial charge on any atom is -0.341 e. The zero-order valence-corrected chi connectivity index (χ0v) is 14.0. The Morgan fingerprint density at radius 2 is 1.52 bits per heavy atom. The Kier molecular flexibility index (Phi) is 6.20. The average Bonchev–Trinajstić information content (AvgIpc) is 3.10. The summed E-state index contributed by atoms with van der Waals surface area (Å²) in [7, 11) is 0. The topological polar surface area (TPSA) is 46.3 Å². The van der Waals surface area contributed by atoms with Crippen molar-refractivity contribution in [2.24, 2.45) is 5.73 Å². The van der Waals surface area contributed by atoms with Gasteiger partial charge in [0.05, 0.1) is 6.04 Å². The van der Waals surface area contributed by atoms with Gasteiger partial charge in [0.15, 0.2) is 0 Å². The van der Waals surface area contributed by atoms with Gasteiger partial charge in [-0.15, -0.1) is 12.4 Å². The Balaban J connectivity index is 0.00000192. The molecule has 1 atom stereocenters. The lowest BCUT2D eigenvalue weighted by Gasteiger charge is -2.20. The number of benzene rings is 2. The quantitative estimate of drug-likeness (QED) is 0.935. The lowest BCUT2D eigenvalue weighted by molar-refractivity contribution is -0.131.